The van der Waals surface area contributed by atoms with Gasteiger partial charge in [-0.3, -0.25) is 4.79 Å². The van der Waals surface area contributed by atoms with Crippen molar-refractivity contribution in [2.24, 2.45) is 0 Å². The normalized spacial score (nSPS) is 10.2. The van der Waals surface area contributed by atoms with Crippen LogP contribution in [0.5, 0.6) is 11.5 Å². The molecule has 0 amide bonds. The first-order valence-electron chi connectivity index (χ1n) is 6.14. The van der Waals surface area contributed by atoms with Crippen molar-refractivity contribution in [2.75, 3.05) is 14.2 Å². The minimum absolute atomic E-state index is 0.0389. The summed E-state index contributed by atoms with van der Waals surface area (Å²) in [6.45, 7) is 0. The van der Waals surface area contributed by atoms with E-state index < -0.39 is 0 Å². The number of halogens is 1. The molecule has 0 saturated heterocycles. The first-order valence-corrected chi connectivity index (χ1v) is 6.52. The zero-order valence-electron chi connectivity index (χ0n) is 11.4. The van der Waals surface area contributed by atoms with E-state index >= 15 is 0 Å². The van der Waals surface area contributed by atoms with Crippen molar-refractivity contribution in [1.29, 1.82) is 0 Å². The topological polar surface area (TPSA) is 35.5 Å². The van der Waals surface area contributed by atoms with Crippen LogP contribution in [-0.4, -0.2) is 20.0 Å². The molecule has 0 unspecified atom stereocenters. The molecule has 0 atom stereocenters. The highest BCUT2D eigenvalue weighted by Crippen LogP contribution is 2.26. The van der Waals surface area contributed by atoms with Gasteiger partial charge in [-0.1, -0.05) is 23.7 Å². The maximum Gasteiger partial charge on any atom is 0.171 e. The third kappa shape index (κ3) is 3.11. The molecule has 2 rings (SSSR count). The Morgan fingerprint density at radius 3 is 2.45 bits per heavy atom. The van der Waals surface area contributed by atoms with Gasteiger partial charge >= 0.3 is 0 Å². The van der Waals surface area contributed by atoms with Crippen LogP contribution in [0.25, 0.3) is 0 Å². The lowest BCUT2D eigenvalue weighted by molar-refractivity contribution is 0.0989. The second-order valence-electron chi connectivity index (χ2n) is 4.26. The Balaban J connectivity index is 2.30. The van der Waals surface area contributed by atoms with Gasteiger partial charge in [-0.15, -0.1) is 0 Å². The number of benzene rings is 2. The minimum atomic E-state index is -0.0389. The van der Waals surface area contributed by atoms with E-state index in [0.717, 1.165) is 5.56 Å². The van der Waals surface area contributed by atoms with Crippen LogP contribution in [0.1, 0.15) is 15.9 Å². The standard InChI is InChI=1S/C16H15ClO3/c1-19-15-8-7-12(17)9-11(15)10-14(18)13-5-3-4-6-16(13)20-2/h3-9H,10H2,1-2H3. The van der Waals surface area contributed by atoms with Crippen LogP contribution in [0.4, 0.5) is 0 Å². The highest BCUT2D eigenvalue weighted by Gasteiger charge is 2.15. The average Bonchev–Trinajstić information content (AvgIpc) is 2.47. The van der Waals surface area contributed by atoms with E-state index in [2.05, 4.69) is 0 Å². The first kappa shape index (κ1) is 14.4. The minimum Gasteiger partial charge on any atom is -0.496 e. The molecule has 0 fully saturated rings. The van der Waals surface area contributed by atoms with Crippen molar-refractivity contribution in [3.63, 3.8) is 0 Å². The van der Waals surface area contributed by atoms with Crippen molar-refractivity contribution >= 4 is 17.4 Å². The van der Waals surface area contributed by atoms with Gasteiger partial charge in [0.15, 0.2) is 5.78 Å². The van der Waals surface area contributed by atoms with Crippen LogP contribution >= 0.6 is 11.6 Å². The Bertz CT molecular complexity index is 623. The molecular weight excluding hydrogens is 276 g/mol. The number of ether oxygens (including phenoxy) is 2. The van der Waals surface area contributed by atoms with Gasteiger partial charge in [-0.25, -0.2) is 0 Å². The van der Waals surface area contributed by atoms with Crippen LogP contribution in [0, 0.1) is 0 Å². The van der Waals surface area contributed by atoms with Crippen molar-refractivity contribution < 1.29 is 14.3 Å². The number of hydrogen-bond acceptors (Lipinski definition) is 3. The van der Waals surface area contributed by atoms with Crippen LogP contribution in [0.2, 0.25) is 5.02 Å². The van der Waals surface area contributed by atoms with Gasteiger partial charge in [0.25, 0.3) is 0 Å². The summed E-state index contributed by atoms with van der Waals surface area (Å²) in [5.41, 5.74) is 1.31. The van der Waals surface area contributed by atoms with Crippen molar-refractivity contribution in [3.8, 4) is 11.5 Å². The molecule has 0 N–H and O–H groups in total. The second-order valence-corrected chi connectivity index (χ2v) is 4.69. The molecule has 0 spiro atoms. The van der Waals surface area contributed by atoms with Gasteiger partial charge in [0, 0.05) is 17.0 Å². The van der Waals surface area contributed by atoms with E-state index in [-0.39, 0.29) is 12.2 Å². The lowest BCUT2D eigenvalue weighted by Gasteiger charge is -2.10. The molecule has 0 heterocycles. The third-order valence-corrected chi connectivity index (χ3v) is 3.24. The van der Waals surface area contributed by atoms with Crippen LogP contribution in [0.15, 0.2) is 42.5 Å². The smallest absolute Gasteiger partial charge is 0.171 e. The van der Waals surface area contributed by atoms with Gasteiger partial charge in [0.2, 0.25) is 0 Å². The van der Waals surface area contributed by atoms with E-state index in [1.165, 1.54) is 0 Å². The maximum absolute atomic E-state index is 12.4. The molecule has 104 valence electrons. The lowest BCUT2D eigenvalue weighted by atomic mass is 10.0. The predicted octanol–water partition coefficient (Wildman–Crippen LogP) is 3.78. The average molecular weight is 291 g/mol. The molecule has 0 saturated carbocycles. The molecular formula is C16H15ClO3. The highest BCUT2D eigenvalue weighted by molar-refractivity contribution is 6.30. The quantitative estimate of drug-likeness (QED) is 0.786. The molecule has 0 bridgehead atoms. The Kier molecular flexibility index (Phi) is 4.64. The number of carbonyl (C=O) groups is 1. The molecule has 4 heteroatoms. The Hall–Kier alpha value is -2.00. The number of Topliss-reactive ketones (excluding diaryl/α,β-unsaturated/α-hetero) is 1. The zero-order valence-corrected chi connectivity index (χ0v) is 12.1. The van der Waals surface area contributed by atoms with E-state index in [0.29, 0.717) is 22.1 Å². The highest BCUT2D eigenvalue weighted by atomic mass is 35.5. The second kappa shape index (κ2) is 6.44. The Morgan fingerprint density at radius 2 is 1.75 bits per heavy atom. The summed E-state index contributed by atoms with van der Waals surface area (Å²) in [6.07, 6.45) is 0.212. The molecule has 20 heavy (non-hydrogen) atoms. The van der Waals surface area contributed by atoms with Crippen molar-refractivity contribution in [2.45, 2.75) is 6.42 Å². The summed E-state index contributed by atoms with van der Waals surface area (Å²) in [4.78, 5) is 12.4. The molecule has 2 aromatic rings. The third-order valence-electron chi connectivity index (χ3n) is 3.00. The van der Waals surface area contributed by atoms with Gasteiger partial charge in [0.1, 0.15) is 11.5 Å². The zero-order chi connectivity index (χ0) is 14.5. The molecule has 0 aliphatic carbocycles. The molecule has 3 nitrogen and oxygen atoms in total. The maximum atomic E-state index is 12.4. The lowest BCUT2D eigenvalue weighted by Crippen LogP contribution is -2.06. The first-order chi connectivity index (χ1) is 9.65. The number of hydrogen-bond donors (Lipinski definition) is 0. The Labute approximate surface area is 123 Å². The molecule has 0 aliphatic rings. The van der Waals surface area contributed by atoms with E-state index in [1.54, 1.807) is 44.6 Å². The van der Waals surface area contributed by atoms with E-state index in [9.17, 15) is 4.79 Å². The van der Waals surface area contributed by atoms with Crippen molar-refractivity contribution in [3.05, 3.63) is 58.6 Å². The SMILES string of the molecule is COc1ccc(Cl)cc1CC(=O)c1ccccc1OC. The fourth-order valence-electron chi connectivity index (χ4n) is 2.03. The molecule has 0 radical (unpaired) electrons. The van der Waals surface area contributed by atoms with Gasteiger partial charge < -0.3 is 9.47 Å². The fraction of sp³-hybridized carbons (Fsp3) is 0.188. The summed E-state index contributed by atoms with van der Waals surface area (Å²) in [5.74, 6) is 1.18. The summed E-state index contributed by atoms with van der Waals surface area (Å²) < 4.78 is 10.5. The molecule has 0 aliphatic heterocycles. The predicted molar refractivity (Wildman–Crippen MR) is 79.0 cm³/mol. The number of methoxy groups -OCH3 is 2. The molecule has 0 aromatic heterocycles. The van der Waals surface area contributed by atoms with Crippen LogP contribution in [0.3, 0.4) is 0 Å². The monoisotopic (exact) mass is 290 g/mol. The van der Waals surface area contributed by atoms with E-state index in [1.807, 2.05) is 12.1 Å². The van der Waals surface area contributed by atoms with E-state index in [4.69, 9.17) is 21.1 Å². The largest absolute Gasteiger partial charge is 0.496 e. The Morgan fingerprint density at radius 1 is 1.05 bits per heavy atom. The summed E-state index contributed by atoms with van der Waals surface area (Å²) in [5, 5.41) is 0.577. The van der Waals surface area contributed by atoms with Crippen molar-refractivity contribution in [1.82, 2.24) is 0 Å². The number of para-hydroxylation sites is 1. The van der Waals surface area contributed by atoms with Gasteiger partial charge in [-0.2, -0.15) is 0 Å². The fourth-order valence-corrected chi connectivity index (χ4v) is 2.22. The number of rotatable bonds is 5. The van der Waals surface area contributed by atoms with Crippen LogP contribution in [-0.2, 0) is 6.42 Å². The number of ketones is 1. The van der Waals surface area contributed by atoms with Gasteiger partial charge in [-0.05, 0) is 30.3 Å². The van der Waals surface area contributed by atoms with Gasteiger partial charge in [0.05, 0.1) is 19.8 Å². The summed E-state index contributed by atoms with van der Waals surface area (Å²) in [7, 11) is 3.12. The molecule has 2 aromatic carbocycles. The summed E-state index contributed by atoms with van der Waals surface area (Å²) >= 11 is 5.97. The number of carbonyl (C=O) groups excluding carboxylic acids is 1. The summed E-state index contributed by atoms with van der Waals surface area (Å²) in [6, 6.07) is 12.4. The van der Waals surface area contributed by atoms with Crippen LogP contribution < -0.4 is 9.47 Å².